The van der Waals surface area contributed by atoms with Crippen LogP contribution in [0.15, 0.2) is 24.9 Å². The highest BCUT2D eigenvalue weighted by molar-refractivity contribution is 5.66. The quantitative estimate of drug-likeness (QED) is 0.517. The zero-order valence-electron chi connectivity index (χ0n) is 11.9. The van der Waals surface area contributed by atoms with Gasteiger partial charge in [0, 0.05) is 16.8 Å². The number of carbonyl (C=O) groups is 1. The summed E-state index contributed by atoms with van der Waals surface area (Å²) in [7, 11) is 0. The van der Waals surface area contributed by atoms with Crippen LogP contribution >= 0.6 is 0 Å². The highest BCUT2D eigenvalue weighted by Gasteiger charge is 2.02. The first kappa shape index (κ1) is 19.2. The molecule has 0 spiro atoms. The summed E-state index contributed by atoms with van der Waals surface area (Å²) in [6.45, 7) is 11.0. The van der Waals surface area contributed by atoms with E-state index in [0.29, 0.717) is 0 Å². The van der Waals surface area contributed by atoms with E-state index >= 15 is 0 Å². The highest BCUT2D eigenvalue weighted by Crippen LogP contribution is 2.07. The molecule has 0 atom stereocenters. The van der Waals surface area contributed by atoms with Gasteiger partial charge in [-0.25, -0.2) is 0 Å². The fourth-order valence-electron chi connectivity index (χ4n) is 1.08. The van der Waals surface area contributed by atoms with Crippen molar-refractivity contribution >= 4 is 5.97 Å². The Bertz CT molecular complexity index is 411. The minimum absolute atomic E-state index is 0.0552. The lowest BCUT2D eigenvalue weighted by molar-refractivity contribution is -0.468. The van der Waals surface area contributed by atoms with Crippen LogP contribution < -0.4 is 0 Å². The van der Waals surface area contributed by atoms with Crippen LogP contribution in [-0.4, -0.2) is 27.1 Å². The van der Waals surface area contributed by atoms with Crippen molar-refractivity contribution < 1.29 is 14.8 Å². The molecule has 6 nitrogen and oxygen atoms in total. The van der Waals surface area contributed by atoms with Gasteiger partial charge in [0.2, 0.25) is 6.54 Å². The topological polar surface area (TPSA) is 85.4 Å². The molecule has 1 aromatic rings. The van der Waals surface area contributed by atoms with Gasteiger partial charge in [0.05, 0.1) is 0 Å². The lowest BCUT2D eigenvalue weighted by Gasteiger charge is -2.01. The number of hydrogen-bond acceptors (Lipinski definition) is 3. The molecule has 1 rings (SSSR count). The molecule has 108 valence electrons. The Balaban J connectivity index is 0. The number of nitrogens with zero attached hydrogens (tertiary/aromatic N) is 2. The molecule has 0 fully saturated rings. The average Bonchev–Trinajstić information content (AvgIpc) is 2.64. The van der Waals surface area contributed by atoms with Gasteiger partial charge in [-0.15, -0.1) is 0 Å². The van der Waals surface area contributed by atoms with E-state index in [0.717, 1.165) is 11.3 Å². The molecule has 1 aromatic heterocycles. The fourth-order valence-corrected chi connectivity index (χ4v) is 1.08. The molecule has 1 heterocycles. The second kappa shape index (κ2) is 11.0. The van der Waals surface area contributed by atoms with E-state index in [-0.39, 0.29) is 13.1 Å². The summed E-state index contributed by atoms with van der Waals surface area (Å²) in [5.41, 5.74) is 2.15. The van der Waals surface area contributed by atoms with Gasteiger partial charge in [0.25, 0.3) is 0 Å². The molecule has 6 heteroatoms. The van der Waals surface area contributed by atoms with E-state index in [4.69, 9.17) is 5.11 Å². The molecule has 19 heavy (non-hydrogen) atoms. The number of aliphatic carboxylic acids is 1. The molecular weight excluding hydrogens is 248 g/mol. The number of aromatic nitrogens is 1. The average molecular weight is 270 g/mol. The van der Waals surface area contributed by atoms with Gasteiger partial charge in [0.15, 0.2) is 0 Å². The van der Waals surface area contributed by atoms with Gasteiger partial charge < -0.3 is 9.67 Å². The number of rotatable bonds is 4. The van der Waals surface area contributed by atoms with Crippen LogP contribution in [0.1, 0.15) is 25.1 Å². The summed E-state index contributed by atoms with van der Waals surface area (Å²) in [4.78, 5) is 19.2. The van der Waals surface area contributed by atoms with E-state index in [1.165, 1.54) is 6.08 Å². The molecule has 0 bridgehead atoms. The number of hydrogen-bond donors (Lipinski definition) is 1. The molecule has 0 saturated carbocycles. The first-order valence-corrected chi connectivity index (χ1v) is 5.95. The molecule has 0 saturated heterocycles. The highest BCUT2D eigenvalue weighted by atomic mass is 16.6. The maximum Gasteiger partial charge on any atom is 0.323 e. The molecule has 0 aliphatic carbocycles. The van der Waals surface area contributed by atoms with Gasteiger partial charge in [-0.05, 0) is 31.6 Å². The molecular formula is C13H22N2O4. The minimum Gasteiger partial charge on any atom is -0.480 e. The normalized spacial score (nSPS) is 8.42. The summed E-state index contributed by atoms with van der Waals surface area (Å²) in [6.07, 6.45) is 3.04. The Morgan fingerprint density at radius 2 is 2.05 bits per heavy atom. The summed E-state index contributed by atoms with van der Waals surface area (Å²) in [6, 6.07) is 1.91. The van der Waals surface area contributed by atoms with Crippen molar-refractivity contribution in [3.63, 3.8) is 0 Å². The van der Waals surface area contributed by atoms with E-state index in [1.807, 2.05) is 33.8 Å². The maximum atomic E-state index is 10.3. The monoisotopic (exact) mass is 270 g/mol. The van der Waals surface area contributed by atoms with Crippen LogP contribution in [0, 0.1) is 24.0 Å². The predicted molar refractivity (Wildman–Crippen MR) is 74.9 cm³/mol. The third kappa shape index (κ3) is 9.58. The lowest BCUT2D eigenvalue weighted by atomic mass is 10.3. The zero-order valence-corrected chi connectivity index (χ0v) is 11.9. The summed E-state index contributed by atoms with van der Waals surface area (Å²) < 4.78 is 1.72. The first-order chi connectivity index (χ1) is 8.88. The zero-order chi connectivity index (χ0) is 15.4. The lowest BCUT2D eigenvalue weighted by Crippen LogP contribution is -2.08. The number of carboxylic acids is 1. The number of aryl methyl sites for hydroxylation is 1. The Morgan fingerprint density at radius 3 is 2.26 bits per heavy atom. The smallest absolute Gasteiger partial charge is 0.323 e. The van der Waals surface area contributed by atoms with Crippen molar-refractivity contribution in [1.29, 1.82) is 0 Å². The van der Waals surface area contributed by atoms with Crippen molar-refractivity contribution in [2.45, 2.75) is 34.2 Å². The van der Waals surface area contributed by atoms with Gasteiger partial charge in [-0.2, -0.15) is 0 Å². The third-order valence-corrected chi connectivity index (χ3v) is 2.09. The molecule has 0 unspecified atom stereocenters. The van der Waals surface area contributed by atoms with E-state index < -0.39 is 10.9 Å². The van der Waals surface area contributed by atoms with Gasteiger partial charge in [-0.1, -0.05) is 20.4 Å². The van der Waals surface area contributed by atoms with Gasteiger partial charge in [-0.3, -0.25) is 14.9 Å². The SMILES string of the molecule is C=CC[N+](=O)[O-].CC.Cc1ccn(CC(=O)O)c1C. The van der Waals surface area contributed by atoms with Gasteiger partial charge in [0.1, 0.15) is 6.54 Å². The standard InChI is InChI=1S/C8H11NO2.C3H5NO2.C2H6/c1-6-3-4-9(7(6)2)5-8(10)11;1-2-3-4(5)6;1-2/h3-4H,5H2,1-2H3,(H,10,11);2H,1,3H2;1-2H3. The second-order valence-corrected chi connectivity index (χ2v) is 3.41. The van der Waals surface area contributed by atoms with Gasteiger partial charge >= 0.3 is 5.97 Å². The van der Waals surface area contributed by atoms with E-state index in [2.05, 4.69) is 6.58 Å². The summed E-state index contributed by atoms with van der Waals surface area (Å²) in [5, 5.41) is 17.8. The van der Waals surface area contributed by atoms with Crippen molar-refractivity contribution in [3.05, 3.63) is 46.3 Å². The van der Waals surface area contributed by atoms with Crippen LogP contribution in [0.5, 0.6) is 0 Å². The Morgan fingerprint density at radius 1 is 1.53 bits per heavy atom. The van der Waals surface area contributed by atoms with Crippen LogP contribution in [0.3, 0.4) is 0 Å². The van der Waals surface area contributed by atoms with Crippen molar-refractivity contribution in [3.8, 4) is 0 Å². The van der Waals surface area contributed by atoms with E-state index in [9.17, 15) is 14.9 Å². The van der Waals surface area contributed by atoms with Crippen LogP contribution in [0.4, 0.5) is 0 Å². The molecule has 0 radical (unpaired) electrons. The molecule has 0 aliphatic rings. The first-order valence-electron chi connectivity index (χ1n) is 5.95. The fraction of sp³-hybridized carbons (Fsp3) is 0.462. The van der Waals surface area contributed by atoms with Crippen LogP contribution in [0.2, 0.25) is 0 Å². The van der Waals surface area contributed by atoms with E-state index in [1.54, 1.807) is 10.8 Å². The summed E-state index contributed by atoms with van der Waals surface area (Å²) >= 11 is 0. The summed E-state index contributed by atoms with van der Waals surface area (Å²) in [5.74, 6) is -0.802. The molecule has 0 amide bonds. The van der Waals surface area contributed by atoms with Crippen molar-refractivity contribution in [2.75, 3.05) is 6.54 Å². The molecule has 1 N–H and O–H groups in total. The molecule has 0 aliphatic heterocycles. The Hall–Kier alpha value is -2.11. The van der Waals surface area contributed by atoms with Crippen LogP contribution in [0.25, 0.3) is 0 Å². The van der Waals surface area contributed by atoms with Crippen LogP contribution in [-0.2, 0) is 11.3 Å². The third-order valence-electron chi connectivity index (χ3n) is 2.09. The molecule has 0 aromatic carbocycles. The Labute approximate surface area is 113 Å². The Kier molecular flexibility index (Phi) is 11.1. The largest absolute Gasteiger partial charge is 0.480 e. The minimum atomic E-state index is -0.802. The van der Waals surface area contributed by atoms with Crippen molar-refractivity contribution in [1.82, 2.24) is 4.57 Å². The number of carboxylic acid groups (broad SMARTS) is 1. The second-order valence-electron chi connectivity index (χ2n) is 3.41. The maximum absolute atomic E-state index is 10.3. The van der Waals surface area contributed by atoms with Crippen molar-refractivity contribution in [2.24, 2.45) is 0 Å². The predicted octanol–water partition coefficient (Wildman–Crippen LogP) is 2.66. The number of nitro groups is 1.